The first-order valence-corrected chi connectivity index (χ1v) is 7.58. The van der Waals surface area contributed by atoms with Gasteiger partial charge in [-0.15, -0.1) is 0 Å². The number of rotatable bonds is 6. The number of thiol groups is 1. The third-order valence-electron chi connectivity index (χ3n) is 3.87. The molecule has 0 spiro atoms. The zero-order chi connectivity index (χ0) is 11.9. The number of ether oxygens (including phenoxy) is 1. The second kappa shape index (κ2) is 7.60. The average molecular weight is 244 g/mol. The summed E-state index contributed by atoms with van der Waals surface area (Å²) in [6.07, 6.45) is 11.0. The van der Waals surface area contributed by atoms with Crippen LogP contribution in [-0.2, 0) is 4.74 Å². The van der Waals surface area contributed by atoms with Crippen LogP contribution in [0.1, 0.15) is 65.2 Å². The minimum absolute atomic E-state index is 0.377. The molecule has 1 atom stereocenters. The molecule has 0 heterocycles. The predicted molar refractivity (Wildman–Crippen MR) is 74.3 cm³/mol. The van der Waals surface area contributed by atoms with Gasteiger partial charge in [0.05, 0.1) is 12.7 Å². The lowest BCUT2D eigenvalue weighted by Gasteiger charge is -2.32. The fourth-order valence-electron chi connectivity index (χ4n) is 2.64. The molecule has 0 bridgehead atoms. The highest BCUT2D eigenvalue weighted by Gasteiger charge is 2.30. The first kappa shape index (κ1) is 14.4. The van der Waals surface area contributed by atoms with Crippen molar-refractivity contribution in [2.75, 3.05) is 12.4 Å². The van der Waals surface area contributed by atoms with E-state index in [0.29, 0.717) is 11.5 Å². The van der Waals surface area contributed by atoms with Gasteiger partial charge in [-0.1, -0.05) is 39.0 Å². The molecule has 1 aliphatic carbocycles. The zero-order valence-electron chi connectivity index (χ0n) is 11.0. The van der Waals surface area contributed by atoms with Gasteiger partial charge in [0.25, 0.3) is 0 Å². The van der Waals surface area contributed by atoms with Crippen LogP contribution in [0.3, 0.4) is 0 Å². The summed E-state index contributed by atoms with van der Waals surface area (Å²) in [6.45, 7) is 5.35. The molecule has 2 heteroatoms. The van der Waals surface area contributed by atoms with Gasteiger partial charge in [0.2, 0.25) is 0 Å². The molecule has 0 radical (unpaired) electrons. The Labute approximate surface area is 107 Å². The van der Waals surface area contributed by atoms with E-state index in [9.17, 15) is 0 Å². The van der Waals surface area contributed by atoms with Crippen molar-refractivity contribution in [3.8, 4) is 0 Å². The molecule has 1 rings (SSSR count). The highest BCUT2D eigenvalue weighted by molar-refractivity contribution is 7.80. The Morgan fingerprint density at radius 3 is 2.31 bits per heavy atom. The van der Waals surface area contributed by atoms with Crippen LogP contribution in [-0.4, -0.2) is 18.5 Å². The molecule has 0 saturated heterocycles. The molecule has 1 unspecified atom stereocenters. The molecule has 0 aliphatic heterocycles. The quantitative estimate of drug-likeness (QED) is 0.536. The van der Waals surface area contributed by atoms with Crippen LogP contribution in [0.25, 0.3) is 0 Å². The summed E-state index contributed by atoms with van der Waals surface area (Å²) in [4.78, 5) is 0. The SMILES string of the molecule is CCCC(C)OCC1(CS)CCCCCC1. The molecule has 1 nitrogen and oxygen atoms in total. The molecule has 1 fully saturated rings. The van der Waals surface area contributed by atoms with E-state index >= 15 is 0 Å². The zero-order valence-corrected chi connectivity index (χ0v) is 11.9. The topological polar surface area (TPSA) is 9.23 Å². The molecule has 1 aliphatic rings. The van der Waals surface area contributed by atoms with Crippen LogP contribution in [0.2, 0.25) is 0 Å². The first-order chi connectivity index (χ1) is 7.72. The Hall–Kier alpha value is 0.310. The van der Waals surface area contributed by atoms with Gasteiger partial charge < -0.3 is 4.74 Å². The van der Waals surface area contributed by atoms with Crippen molar-refractivity contribution < 1.29 is 4.74 Å². The van der Waals surface area contributed by atoms with Gasteiger partial charge >= 0.3 is 0 Å². The highest BCUT2D eigenvalue weighted by atomic mass is 32.1. The molecule has 0 aromatic heterocycles. The minimum Gasteiger partial charge on any atom is -0.378 e. The number of hydrogen-bond acceptors (Lipinski definition) is 2. The second-order valence-corrected chi connectivity index (χ2v) is 5.80. The minimum atomic E-state index is 0.377. The molecule has 0 amide bonds. The Balaban J connectivity index is 2.39. The van der Waals surface area contributed by atoms with Gasteiger partial charge in [0.15, 0.2) is 0 Å². The smallest absolute Gasteiger partial charge is 0.0547 e. The maximum Gasteiger partial charge on any atom is 0.0547 e. The van der Waals surface area contributed by atoms with Crippen molar-refractivity contribution in [2.45, 2.75) is 71.3 Å². The first-order valence-electron chi connectivity index (χ1n) is 6.95. The maximum absolute atomic E-state index is 6.02. The van der Waals surface area contributed by atoms with Crippen molar-refractivity contribution >= 4 is 12.6 Å². The lowest BCUT2D eigenvalue weighted by Crippen LogP contribution is -2.30. The summed E-state index contributed by atoms with van der Waals surface area (Å²) >= 11 is 4.57. The van der Waals surface area contributed by atoms with E-state index < -0.39 is 0 Å². The van der Waals surface area contributed by atoms with Crippen LogP contribution in [0.15, 0.2) is 0 Å². The molecule has 96 valence electrons. The highest BCUT2D eigenvalue weighted by Crippen LogP contribution is 2.36. The molecule has 1 saturated carbocycles. The number of hydrogen-bond donors (Lipinski definition) is 1. The van der Waals surface area contributed by atoms with Crippen molar-refractivity contribution in [1.29, 1.82) is 0 Å². The lowest BCUT2D eigenvalue weighted by atomic mass is 9.83. The third kappa shape index (κ3) is 4.67. The van der Waals surface area contributed by atoms with E-state index in [0.717, 1.165) is 12.4 Å². The van der Waals surface area contributed by atoms with E-state index in [1.54, 1.807) is 0 Å². The van der Waals surface area contributed by atoms with Gasteiger partial charge in [0.1, 0.15) is 0 Å². The van der Waals surface area contributed by atoms with E-state index in [-0.39, 0.29) is 0 Å². The van der Waals surface area contributed by atoms with Crippen molar-refractivity contribution in [1.82, 2.24) is 0 Å². The normalized spacial score (nSPS) is 22.7. The van der Waals surface area contributed by atoms with Gasteiger partial charge in [-0.05, 0) is 31.9 Å². The molecule has 0 aromatic carbocycles. The fraction of sp³-hybridized carbons (Fsp3) is 1.00. The van der Waals surface area contributed by atoms with Crippen LogP contribution in [0.5, 0.6) is 0 Å². The largest absolute Gasteiger partial charge is 0.378 e. The average Bonchev–Trinajstić information content (AvgIpc) is 2.53. The van der Waals surface area contributed by atoms with Gasteiger partial charge in [0, 0.05) is 5.41 Å². The van der Waals surface area contributed by atoms with Gasteiger partial charge in [-0.25, -0.2) is 0 Å². The third-order valence-corrected chi connectivity index (χ3v) is 4.54. The molecular weight excluding hydrogens is 216 g/mol. The van der Waals surface area contributed by atoms with Gasteiger partial charge in [-0.2, -0.15) is 12.6 Å². The Morgan fingerprint density at radius 2 is 1.81 bits per heavy atom. The second-order valence-electron chi connectivity index (χ2n) is 5.48. The monoisotopic (exact) mass is 244 g/mol. The predicted octanol–water partition coefficient (Wildman–Crippen LogP) is 4.46. The Kier molecular flexibility index (Phi) is 6.83. The molecule has 0 N–H and O–H groups in total. The summed E-state index contributed by atoms with van der Waals surface area (Å²) < 4.78 is 6.02. The molecular formula is C14H28OS. The van der Waals surface area contributed by atoms with Crippen molar-refractivity contribution in [2.24, 2.45) is 5.41 Å². The lowest BCUT2D eigenvalue weighted by molar-refractivity contribution is -0.00231. The van der Waals surface area contributed by atoms with E-state index in [2.05, 4.69) is 26.5 Å². The Morgan fingerprint density at radius 1 is 1.19 bits per heavy atom. The van der Waals surface area contributed by atoms with E-state index in [4.69, 9.17) is 4.74 Å². The Bertz CT molecular complexity index is 174. The summed E-state index contributed by atoms with van der Waals surface area (Å²) in [5, 5.41) is 0. The van der Waals surface area contributed by atoms with E-state index in [1.807, 2.05) is 0 Å². The van der Waals surface area contributed by atoms with Crippen molar-refractivity contribution in [3.05, 3.63) is 0 Å². The van der Waals surface area contributed by atoms with Crippen LogP contribution < -0.4 is 0 Å². The van der Waals surface area contributed by atoms with Crippen LogP contribution in [0, 0.1) is 5.41 Å². The summed E-state index contributed by atoms with van der Waals surface area (Å²) in [5.41, 5.74) is 0.377. The standard InChI is InChI=1S/C14H28OS/c1-3-8-13(2)15-11-14(12-16)9-6-4-5-7-10-14/h13,16H,3-12H2,1-2H3. The summed E-state index contributed by atoms with van der Waals surface area (Å²) in [6, 6.07) is 0. The van der Waals surface area contributed by atoms with Crippen LogP contribution in [0.4, 0.5) is 0 Å². The van der Waals surface area contributed by atoms with Gasteiger partial charge in [-0.3, -0.25) is 0 Å². The summed E-state index contributed by atoms with van der Waals surface area (Å²) in [7, 11) is 0. The fourth-order valence-corrected chi connectivity index (χ4v) is 3.04. The molecule has 0 aromatic rings. The maximum atomic E-state index is 6.02. The van der Waals surface area contributed by atoms with Crippen molar-refractivity contribution in [3.63, 3.8) is 0 Å². The summed E-state index contributed by atoms with van der Waals surface area (Å²) in [5.74, 6) is 0.992. The van der Waals surface area contributed by atoms with Crippen LogP contribution >= 0.6 is 12.6 Å². The van der Waals surface area contributed by atoms with E-state index in [1.165, 1.54) is 51.4 Å². The molecule has 16 heavy (non-hydrogen) atoms.